The van der Waals surface area contributed by atoms with E-state index in [1.165, 1.54) is 71.1 Å². The highest BCUT2D eigenvalue weighted by Gasteiger charge is 2.30. The minimum Gasteiger partial charge on any atom is -0.357 e. The SMILES string of the molecule is CCNC(=NCCCC1CC1)N1CCC(N2CCCC2)C1.I. The van der Waals surface area contributed by atoms with Crippen molar-refractivity contribution in [3.8, 4) is 0 Å². The van der Waals surface area contributed by atoms with Gasteiger partial charge in [0.25, 0.3) is 0 Å². The van der Waals surface area contributed by atoms with Crippen LogP contribution in [0.3, 0.4) is 0 Å². The van der Waals surface area contributed by atoms with Gasteiger partial charge in [-0.05, 0) is 58.0 Å². The van der Waals surface area contributed by atoms with E-state index in [2.05, 4.69) is 22.0 Å². The number of rotatable bonds is 6. The summed E-state index contributed by atoms with van der Waals surface area (Å²) in [4.78, 5) is 10.1. The summed E-state index contributed by atoms with van der Waals surface area (Å²) in [7, 11) is 0. The number of halogens is 1. The second kappa shape index (κ2) is 9.30. The van der Waals surface area contributed by atoms with E-state index in [0.29, 0.717) is 0 Å². The van der Waals surface area contributed by atoms with Crippen molar-refractivity contribution in [2.45, 2.75) is 57.9 Å². The van der Waals surface area contributed by atoms with Gasteiger partial charge in [0.15, 0.2) is 5.96 Å². The van der Waals surface area contributed by atoms with E-state index >= 15 is 0 Å². The van der Waals surface area contributed by atoms with Crippen molar-refractivity contribution in [3.63, 3.8) is 0 Å². The van der Waals surface area contributed by atoms with Gasteiger partial charge in [-0.2, -0.15) is 0 Å². The number of hydrogen-bond acceptors (Lipinski definition) is 2. The summed E-state index contributed by atoms with van der Waals surface area (Å²) in [5.74, 6) is 2.20. The molecule has 3 fully saturated rings. The Morgan fingerprint density at radius 2 is 1.91 bits per heavy atom. The normalized spacial score (nSPS) is 26.3. The summed E-state index contributed by atoms with van der Waals surface area (Å²) in [5, 5.41) is 3.50. The third-order valence-electron chi connectivity index (χ3n) is 5.18. The Balaban J connectivity index is 0.00000176. The molecule has 0 bridgehead atoms. The zero-order valence-electron chi connectivity index (χ0n) is 14.1. The second-order valence-electron chi connectivity index (χ2n) is 6.95. The molecule has 0 aromatic rings. The van der Waals surface area contributed by atoms with Crippen LogP contribution in [-0.4, -0.2) is 61.1 Å². The number of nitrogens with zero attached hydrogens (tertiary/aromatic N) is 3. The van der Waals surface area contributed by atoms with Crippen molar-refractivity contribution < 1.29 is 0 Å². The zero-order chi connectivity index (χ0) is 14.5. The molecular weight excluding hydrogens is 387 g/mol. The van der Waals surface area contributed by atoms with E-state index < -0.39 is 0 Å². The first-order valence-electron chi connectivity index (χ1n) is 9.14. The molecule has 0 aromatic heterocycles. The Hall–Kier alpha value is -0.0400. The molecule has 1 N–H and O–H groups in total. The van der Waals surface area contributed by atoms with Crippen LogP contribution < -0.4 is 5.32 Å². The lowest BCUT2D eigenvalue weighted by atomic mass is 10.2. The molecule has 3 rings (SSSR count). The summed E-state index contributed by atoms with van der Waals surface area (Å²) in [6.45, 7) is 9.13. The number of aliphatic imine (C=N–C) groups is 1. The van der Waals surface area contributed by atoms with E-state index in [0.717, 1.165) is 31.0 Å². The van der Waals surface area contributed by atoms with Gasteiger partial charge in [-0.25, -0.2) is 0 Å². The molecule has 0 radical (unpaired) electrons. The molecule has 1 unspecified atom stereocenters. The van der Waals surface area contributed by atoms with Crippen molar-refractivity contribution in [2.24, 2.45) is 10.9 Å². The van der Waals surface area contributed by atoms with Crippen LogP contribution in [0.4, 0.5) is 0 Å². The van der Waals surface area contributed by atoms with Crippen LogP contribution in [-0.2, 0) is 0 Å². The molecule has 3 aliphatic rings. The highest BCUT2D eigenvalue weighted by Crippen LogP contribution is 2.33. The fourth-order valence-corrected chi connectivity index (χ4v) is 3.74. The van der Waals surface area contributed by atoms with Gasteiger partial charge in [0.05, 0.1) is 0 Å². The van der Waals surface area contributed by atoms with E-state index in [1.807, 2.05) is 0 Å². The number of hydrogen-bond donors (Lipinski definition) is 1. The minimum absolute atomic E-state index is 0. The molecule has 2 saturated heterocycles. The molecular formula is C17H33IN4. The molecule has 128 valence electrons. The van der Waals surface area contributed by atoms with E-state index in [4.69, 9.17) is 4.99 Å². The van der Waals surface area contributed by atoms with Crippen LogP contribution in [0.15, 0.2) is 4.99 Å². The minimum atomic E-state index is 0. The van der Waals surface area contributed by atoms with Crippen LogP contribution in [0.1, 0.15) is 51.9 Å². The first-order valence-corrected chi connectivity index (χ1v) is 9.14. The first kappa shape index (κ1) is 18.3. The van der Waals surface area contributed by atoms with Gasteiger partial charge in [0.2, 0.25) is 0 Å². The molecule has 1 saturated carbocycles. The predicted octanol–water partition coefficient (Wildman–Crippen LogP) is 2.93. The Labute approximate surface area is 153 Å². The molecule has 2 heterocycles. The van der Waals surface area contributed by atoms with E-state index in [9.17, 15) is 0 Å². The average molecular weight is 420 g/mol. The quantitative estimate of drug-likeness (QED) is 0.310. The van der Waals surface area contributed by atoms with E-state index in [1.54, 1.807) is 0 Å². The highest BCUT2D eigenvalue weighted by atomic mass is 127. The summed E-state index contributed by atoms with van der Waals surface area (Å²) < 4.78 is 0. The monoisotopic (exact) mass is 420 g/mol. The average Bonchev–Trinajstić information content (AvgIpc) is 2.97. The van der Waals surface area contributed by atoms with E-state index in [-0.39, 0.29) is 24.0 Å². The molecule has 2 aliphatic heterocycles. The largest absolute Gasteiger partial charge is 0.357 e. The van der Waals surface area contributed by atoms with Gasteiger partial charge in [-0.15, -0.1) is 24.0 Å². The van der Waals surface area contributed by atoms with Crippen LogP contribution >= 0.6 is 24.0 Å². The molecule has 1 aliphatic carbocycles. The van der Waals surface area contributed by atoms with Gasteiger partial charge in [-0.3, -0.25) is 9.89 Å². The zero-order valence-corrected chi connectivity index (χ0v) is 16.4. The Morgan fingerprint density at radius 1 is 1.14 bits per heavy atom. The molecule has 0 amide bonds. The molecule has 0 spiro atoms. The van der Waals surface area contributed by atoms with Gasteiger partial charge < -0.3 is 10.2 Å². The van der Waals surface area contributed by atoms with Crippen molar-refractivity contribution in [2.75, 3.05) is 39.3 Å². The Bertz CT molecular complexity index is 351. The first-order chi connectivity index (χ1) is 10.4. The van der Waals surface area contributed by atoms with Crippen molar-refractivity contribution in [1.82, 2.24) is 15.1 Å². The highest BCUT2D eigenvalue weighted by molar-refractivity contribution is 14.0. The predicted molar refractivity (Wildman–Crippen MR) is 104 cm³/mol. The summed E-state index contributed by atoms with van der Waals surface area (Å²) in [6, 6.07) is 0.767. The van der Waals surface area contributed by atoms with Gasteiger partial charge in [0, 0.05) is 32.2 Å². The van der Waals surface area contributed by atoms with Crippen LogP contribution in [0.25, 0.3) is 0 Å². The van der Waals surface area contributed by atoms with Crippen molar-refractivity contribution in [3.05, 3.63) is 0 Å². The third-order valence-corrected chi connectivity index (χ3v) is 5.18. The molecule has 4 nitrogen and oxygen atoms in total. The summed E-state index contributed by atoms with van der Waals surface area (Å²) in [5.41, 5.74) is 0. The lowest BCUT2D eigenvalue weighted by molar-refractivity contribution is 0.249. The molecule has 0 aromatic carbocycles. The summed E-state index contributed by atoms with van der Waals surface area (Å²) >= 11 is 0. The topological polar surface area (TPSA) is 30.9 Å². The van der Waals surface area contributed by atoms with Crippen molar-refractivity contribution >= 4 is 29.9 Å². The van der Waals surface area contributed by atoms with Gasteiger partial charge in [0.1, 0.15) is 0 Å². The lowest BCUT2D eigenvalue weighted by Gasteiger charge is -2.25. The van der Waals surface area contributed by atoms with Crippen LogP contribution in [0, 0.1) is 5.92 Å². The Kier molecular flexibility index (Phi) is 7.74. The van der Waals surface area contributed by atoms with Gasteiger partial charge in [-0.1, -0.05) is 12.8 Å². The maximum Gasteiger partial charge on any atom is 0.193 e. The lowest BCUT2D eigenvalue weighted by Crippen LogP contribution is -2.42. The van der Waals surface area contributed by atoms with Crippen LogP contribution in [0.2, 0.25) is 0 Å². The fraction of sp³-hybridized carbons (Fsp3) is 0.941. The smallest absolute Gasteiger partial charge is 0.193 e. The number of likely N-dealkylation sites (tertiary alicyclic amines) is 2. The maximum atomic E-state index is 4.87. The molecule has 5 heteroatoms. The maximum absolute atomic E-state index is 4.87. The third kappa shape index (κ3) is 5.25. The summed E-state index contributed by atoms with van der Waals surface area (Å²) in [6.07, 6.45) is 9.69. The molecule has 22 heavy (non-hydrogen) atoms. The molecule has 1 atom stereocenters. The number of nitrogens with one attached hydrogen (secondary N) is 1. The Morgan fingerprint density at radius 3 is 2.59 bits per heavy atom. The van der Waals surface area contributed by atoms with Crippen LogP contribution in [0.5, 0.6) is 0 Å². The van der Waals surface area contributed by atoms with Gasteiger partial charge >= 0.3 is 0 Å². The standard InChI is InChI=1S/C17H32N4.HI/c1-2-18-17(19-10-5-6-15-7-8-15)21-13-9-16(14-21)20-11-3-4-12-20;/h15-16H,2-14H2,1H3,(H,18,19);1H. The fourth-order valence-electron chi connectivity index (χ4n) is 3.74. The second-order valence-corrected chi connectivity index (χ2v) is 6.95. The number of guanidine groups is 1. The van der Waals surface area contributed by atoms with Crippen molar-refractivity contribution in [1.29, 1.82) is 0 Å².